The summed E-state index contributed by atoms with van der Waals surface area (Å²) >= 11 is 5.43. The van der Waals surface area contributed by atoms with E-state index in [1.165, 1.54) is 38.2 Å². The lowest BCUT2D eigenvalue weighted by atomic mass is 10.1. The minimum Gasteiger partial charge on any atom is -0.349 e. The first kappa shape index (κ1) is 14.3. The number of benzene rings is 1. The molecule has 19 heavy (non-hydrogen) atoms. The molecule has 104 valence electrons. The second-order valence-corrected chi connectivity index (χ2v) is 5.54. The molecule has 0 bridgehead atoms. The molecule has 1 N–H and O–H groups in total. The third-order valence-corrected chi connectivity index (χ3v) is 3.93. The van der Waals surface area contributed by atoms with E-state index in [0.29, 0.717) is 10.7 Å². The van der Waals surface area contributed by atoms with Gasteiger partial charge in [0.15, 0.2) is 5.11 Å². The van der Waals surface area contributed by atoms with Gasteiger partial charge in [-0.05, 0) is 49.7 Å². The SMILES string of the molecule is Cc1ccc(NC(=S)N2CCCCCCC2)cc1F. The lowest BCUT2D eigenvalue weighted by molar-refractivity contribution is 0.366. The van der Waals surface area contributed by atoms with E-state index >= 15 is 0 Å². The summed E-state index contributed by atoms with van der Waals surface area (Å²) in [6.07, 6.45) is 6.25. The summed E-state index contributed by atoms with van der Waals surface area (Å²) in [5.74, 6) is -0.194. The molecule has 0 saturated carbocycles. The molecule has 1 aromatic carbocycles. The first-order valence-electron chi connectivity index (χ1n) is 6.99. The summed E-state index contributed by atoms with van der Waals surface area (Å²) in [6, 6.07) is 5.15. The lowest BCUT2D eigenvalue weighted by Crippen LogP contribution is -2.37. The van der Waals surface area contributed by atoms with Gasteiger partial charge < -0.3 is 10.2 Å². The topological polar surface area (TPSA) is 15.3 Å². The van der Waals surface area contributed by atoms with Crippen LogP contribution in [0.25, 0.3) is 0 Å². The number of anilines is 1. The van der Waals surface area contributed by atoms with Gasteiger partial charge in [-0.3, -0.25) is 0 Å². The first-order chi connectivity index (χ1) is 9.16. The fourth-order valence-corrected chi connectivity index (χ4v) is 2.62. The Labute approximate surface area is 120 Å². The number of aryl methyl sites for hydroxylation is 1. The van der Waals surface area contributed by atoms with Gasteiger partial charge in [-0.25, -0.2) is 4.39 Å². The Kier molecular flexibility index (Phi) is 5.14. The molecule has 1 saturated heterocycles. The predicted octanol–water partition coefficient (Wildman–Crippen LogP) is 4.10. The largest absolute Gasteiger partial charge is 0.349 e. The van der Waals surface area contributed by atoms with Crippen molar-refractivity contribution in [1.29, 1.82) is 0 Å². The van der Waals surface area contributed by atoms with Crippen LogP contribution >= 0.6 is 12.2 Å². The molecule has 1 fully saturated rings. The van der Waals surface area contributed by atoms with E-state index in [-0.39, 0.29) is 5.82 Å². The Balaban J connectivity index is 1.96. The molecule has 1 heterocycles. The fourth-order valence-electron chi connectivity index (χ4n) is 2.32. The molecule has 0 aromatic heterocycles. The molecule has 0 amide bonds. The van der Waals surface area contributed by atoms with Crippen molar-refractivity contribution in [2.45, 2.75) is 39.0 Å². The van der Waals surface area contributed by atoms with Crippen LogP contribution in [0.15, 0.2) is 18.2 Å². The molecule has 4 heteroatoms. The molecule has 0 aliphatic carbocycles. The minimum absolute atomic E-state index is 0.194. The van der Waals surface area contributed by atoms with Crippen LogP contribution in [-0.4, -0.2) is 23.1 Å². The Hall–Kier alpha value is -1.16. The maximum absolute atomic E-state index is 13.5. The Morgan fingerprint density at radius 1 is 1.16 bits per heavy atom. The standard InChI is InChI=1S/C15H21FN2S/c1-12-7-8-13(11-14(12)16)17-15(19)18-9-5-3-2-4-6-10-18/h7-8,11H,2-6,9-10H2,1H3,(H,17,19). The smallest absolute Gasteiger partial charge is 0.173 e. The summed E-state index contributed by atoms with van der Waals surface area (Å²) < 4.78 is 13.5. The summed E-state index contributed by atoms with van der Waals surface area (Å²) in [5, 5.41) is 3.86. The van der Waals surface area contributed by atoms with Gasteiger partial charge in [-0.2, -0.15) is 0 Å². The molecule has 1 aliphatic heterocycles. The number of nitrogens with zero attached hydrogens (tertiary/aromatic N) is 1. The van der Waals surface area contributed by atoms with Crippen molar-refractivity contribution in [3.05, 3.63) is 29.6 Å². The second kappa shape index (κ2) is 6.85. The van der Waals surface area contributed by atoms with Crippen molar-refractivity contribution in [1.82, 2.24) is 4.90 Å². The Morgan fingerprint density at radius 3 is 2.42 bits per heavy atom. The van der Waals surface area contributed by atoms with Crippen molar-refractivity contribution in [3.63, 3.8) is 0 Å². The normalized spacial score (nSPS) is 16.6. The third kappa shape index (κ3) is 4.16. The lowest BCUT2D eigenvalue weighted by Gasteiger charge is -2.27. The molecule has 2 rings (SSSR count). The highest BCUT2D eigenvalue weighted by molar-refractivity contribution is 7.80. The molecule has 0 unspecified atom stereocenters. The Morgan fingerprint density at radius 2 is 1.79 bits per heavy atom. The van der Waals surface area contributed by atoms with Gasteiger partial charge in [0.25, 0.3) is 0 Å². The number of thiocarbonyl (C=S) groups is 1. The first-order valence-corrected chi connectivity index (χ1v) is 7.40. The molecule has 0 radical (unpaired) electrons. The predicted molar refractivity (Wildman–Crippen MR) is 82.0 cm³/mol. The van der Waals surface area contributed by atoms with E-state index in [1.807, 2.05) is 6.07 Å². The maximum atomic E-state index is 13.5. The van der Waals surface area contributed by atoms with Crippen LogP contribution in [0.2, 0.25) is 0 Å². The zero-order valence-electron chi connectivity index (χ0n) is 11.4. The average molecular weight is 280 g/mol. The fraction of sp³-hybridized carbons (Fsp3) is 0.533. The van der Waals surface area contributed by atoms with Crippen LogP contribution < -0.4 is 5.32 Å². The van der Waals surface area contributed by atoms with E-state index in [1.54, 1.807) is 13.0 Å². The van der Waals surface area contributed by atoms with Gasteiger partial charge in [0.1, 0.15) is 5.82 Å². The third-order valence-electron chi connectivity index (χ3n) is 3.57. The number of rotatable bonds is 1. The number of nitrogens with one attached hydrogen (secondary N) is 1. The van der Waals surface area contributed by atoms with Crippen LogP contribution in [0, 0.1) is 12.7 Å². The molecular formula is C15H21FN2S. The van der Waals surface area contributed by atoms with Gasteiger partial charge in [-0.1, -0.05) is 25.3 Å². The average Bonchev–Trinajstić information content (AvgIpc) is 2.33. The van der Waals surface area contributed by atoms with E-state index in [4.69, 9.17) is 12.2 Å². The van der Waals surface area contributed by atoms with E-state index in [2.05, 4.69) is 10.2 Å². The number of likely N-dealkylation sites (tertiary alicyclic amines) is 1. The zero-order valence-corrected chi connectivity index (χ0v) is 12.2. The molecule has 0 atom stereocenters. The van der Waals surface area contributed by atoms with Crippen molar-refractivity contribution < 1.29 is 4.39 Å². The molecule has 2 nitrogen and oxygen atoms in total. The van der Waals surface area contributed by atoms with Crippen LogP contribution in [0.4, 0.5) is 10.1 Å². The van der Waals surface area contributed by atoms with E-state index in [0.717, 1.165) is 18.8 Å². The van der Waals surface area contributed by atoms with Crippen LogP contribution in [0.3, 0.4) is 0 Å². The summed E-state index contributed by atoms with van der Waals surface area (Å²) in [4.78, 5) is 2.20. The number of hydrogen-bond donors (Lipinski definition) is 1. The highest BCUT2D eigenvalue weighted by Gasteiger charge is 2.12. The quantitative estimate of drug-likeness (QED) is 0.780. The molecular weight excluding hydrogens is 259 g/mol. The summed E-state index contributed by atoms with van der Waals surface area (Å²) in [6.45, 7) is 3.76. The van der Waals surface area contributed by atoms with Crippen molar-refractivity contribution in [2.75, 3.05) is 18.4 Å². The molecule has 0 spiro atoms. The van der Waals surface area contributed by atoms with Gasteiger partial charge in [0.2, 0.25) is 0 Å². The maximum Gasteiger partial charge on any atom is 0.173 e. The Bertz CT molecular complexity index is 440. The summed E-state index contributed by atoms with van der Waals surface area (Å²) in [7, 11) is 0. The van der Waals surface area contributed by atoms with Gasteiger partial charge >= 0.3 is 0 Å². The highest BCUT2D eigenvalue weighted by atomic mass is 32.1. The summed E-state index contributed by atoms with van der Waals surface area (Å²) in [5.41, 5.74) is 1.39. The second-order valence-electron chi connectivity index (χ2n) is 5.15. The van der Waals surface area contributed by atoms with Gasteiger partial charge in [0.05, 0.1) is 0 Å². The van der Waals surface area contributed by atoms with E-state index in [9.17, 15) is 4.39 Å². The monoisotopic (exact) mass is 280 g/mol. The van der Waals surface area contributed by atoms with E-state index < -0.39 is 0 Å². The van der Waals surface area contributed by atoms with Crippen molar-refractivity contribution in [2.24, 2.45) is 0 Å². The highest BCUT2D eigenvalue weighted by Crippen LogP contribution is 2.16. The van der Waals surface area contributed by atoms with Crippen LogP contribution in [-0.2, 0) is 0 Å². The van der Waals surface area contributed by atoms with Crippen LogP contribution in [0.5, 0.6) is 0 Å². The van der Waals surface area contributed by atoms with Crippen molar-refractivity contribution in [3.8, 4) is 0 Å². The minimum atomic E-state index is -0.194. The molecule has 1 aromatic rings. The number of hydrogen-bond acceptors (Lipinski definition) is 1. The molecule has 1 aliphatic rings. The van der Waals surface area contributed by atoms with Gasteiger partial charge in [-0.15, -0.1) is 0 Å². The van der Waals surface area contributed by atoms with Crippen LogP contribution in [0.1, 0.15) is 37.7 Å². The van der Waals surface area contributed by atoms with Gasteiger partial charge in [0, 0.05) is 18.8 Å². The van der Waals surface area contributed by atoms with Crippen molar-refractivity contribution >= 4 is 23.0 Å². The zero-order chi connectivity index (χ0) is 13.7. The number of halogens is 1.